The molecule has 1 nitrogen and oxygen atoms in total. The van der Waals surface area contributed by atoms with Crippen molar-refractivity contribution in [1.29, 1.82) is 0 Å². The highest BCUT2D eigenvalue weighted by Gasteiger charge is 2.37. The van der Waals surface area contributed by atoms with Crippen molar-refractivity contribution in [3.63, 3.8) is 0 Å². The lowest BCUT2D eigenvalue weighted by Crippen LogP contribution is -2.50. The van der Waals surface area contributed by atoms with Crippen LogP contribution in [0.1, 0.15) is 72.4 Å². The molecule has 0 N–H and O–H groups in total. The molecule has 1 aromatic heterocycles. The molecule has 0 unspecified atom stereocenters. The van der Waals surface area contributed by atoms with Crippen LogP contribution in [0.25, 0.3) is 22.0 Å². The van der Waals surface area contributed by atoms with Crippen molar-refractivity contribution in [2.75, 3.05) is 0 Å². The molecule has 0 radical (unpaired) electrons. The highest BCUT2D eigenvalue weighted by molar-refractivity contribution is 6.92. The van der Waals surface area contributed by atoms with Crippen LogP contribution in [-0.2, 0) is 7.05 Å². The van der Waals surface area contributed by atoms with E-state index in [0.29, 0.717) is 5.92 Å². The Kier molecular flexibility index (Phi) is 8.45. The van der Waals surface area contributed by atoms with Gasteiger partial charge < -0.3 is 0 Å². The van der Waals surface area contributed by atoms with Gasteiger partial charge in [0, 0.05) is 11.6 Å². The Hall–Kier alpha value is -1.93. The Bertz CT molecular complexity index is 1100. The first-order valence-electron chi connectivity index (χ1n) is 13.5. The van der Waals surface area contributed by atoms with Gasteiger partial charge in [-0.15, -0.1) is 0 Å². The lowest BCUT2D eigenvalue weighted by Gasteiger charge is -2.37. The molecule has 0 aliphatic rings. The number of benzene rings is 2. The van der Waals surface area contributed by atoms with Crippen molar-refractivity contribution < 1.29 is 4.57 Å². The molecule has 0 bridgehead atoms. The van der Waals surface area contributed by atoms with Crippen molar-refractivity contribution in [1.82, 2.24) is 0 Å². The van der Waals surface area contributed by atoms with Gasteiger partial charge in [-0.2, -0.15) is 0 Å². The lowest BCUT2D eigenvalue weighted by atomic mass is 9.94. The fourth-order valence-electron chi connectivity index (χ4n) is 6.24. The summed E-state index contributed by atoms with van der Waals surface area (Å²) in [6, 6.07) is 21.0. The monoisotopic (exact) mass is 474 g/mol. The zero-order chi connectivity index (χ0) is 25.2. The normalized spacial score (nSPS) is 12.6. The molecule has 184 valence electrons. The highest BCUT2D eigenvalue weighted by Crippen LogP contribution is 2.34. The predicted octanol–water partition coefficient (Wildman–Crippen LogP) is 8.39. The molecule has 0 amide bonds. The molecule has 0 saturated carbocycles. The number of nitrogens with zero attached hydrogens (tertiary/aromatic N) is 1. The fourth-order valence-corrected chi connectivity index (χ4v) is 13.0. The van der Waals surface area contributed by atoms with Crippen molar-refractivity contribution in [2.45, 2.75) is 86.4 Å². The third kappa shape index (κ3) is 5.82. The van der Waals surface area contributed by atoms with Crippen LogP contribution in [0.2, 0.25) is 18.1 Å². The molecule has 2 heteroatoms. The molecule has 2 aromatic carbocycles. The minimum atomic E-state index is -1.63. The maximum Gasteiger partial charge on any atom is 0.220 e. The standard InChI is InChI=1S/C32H48NSi/c1-22(2)19-34(20-23(3)4,21-24(5)6)29-13-14-30-28(17-29)15-16-33(10)32(30)31-18-27(25(7)8)12-11-26(31)9/h11-18,22-25H,19-21H2,1-10H3/q+1. The van der Waals surface area contributed by atoms with Gasteiger partial charge in [-0.3, -0.25) is 0 Å². The van der Waals surface area contributed by atoms with Crippen LogP contribution in [0.15, 0.2) is 48.7 Å². The zero-order valence-electron chi connectivity index (χ0n) is 23.5. The topological polar surface area (TPSA) is 3.88 Å². The Balaban J connectivity index is 2.24. The van der Waals surface area contributed by atoms with Gasteiger partial charge >= 0.3 is 0 Å². The maximum absolute atomic E-state index is 2.58. The molecule has 3 rings (SSSR count). The SMILES string of the molecule is Cc1ccc(C(C)C)cc1-c1c2ccc([Si](CC(C)C)(CC(C)C)CC(C)C)cc2cc[n+]1C. The first-order valence-corrected chi connectivity index (χ1v) is 16.1. The van der Waals surface area contributed by atoms with Gasteiger partial charge in [0.2, 0.25) is 5.69 Å². The van der Waals surface area contributed by atoms with Crippen LogP contribution in [0, 0.1) is 24.7 Å². The lowest BCUT2D eigenvalue weighted by molar-refractivity contribution is -0.659. The quantitative estimate of drug-likeness (QED) is 0.216. The van der Waals surface area contributed by atoms with Crippen LogP contribution in [0.5, 0.6) is 0 Å². The molecule has 1 heterocycles. The molecule has 0 atom stereocenters. The first-order chi connectivity index (χ1) is 15.9. The maximum atomic E-state index is 2.58. The second-order valence-corrected chi connectivity index (χ2v) is 16.7. The molecule has 0 aliphatic carbocycles. The Labute approximate surface area is 210 Å². The summed E-state index contributed by atoms with van der Waals surface area (Å²) in [4.78, 5) is 0. The molecule has 0 spiro atoms. The fraction of sp³-hybridized carbons (Fsp3) is 0.531. The van der Waals surface area contributed by atoms with Gasteiger partial charge in [-0.05, 0) is 59.2 Å². The van der Waals surface area contributed by atoms with E-state index in [4.69, 9.17) is 0 Å². The summed E-state index contributed by atoms with van der Waals surface area (Å²) in [5, 5.41) is 4.44. The summed E-state index contributed by atoms with van der Waals surface area (Å²) in [5.41, 5.74) is 5.46. The molecule has 0 aliphatic heterocycles. The minimum Gasteiger partial charge on any atom is -0.200 e. The summed E-state index contributed by atoms with van der Waals surface area (Å²) in [6.45, 7) is 21.4. The van der Waals surface area contributed by atoms with E-state index in [1.165, 1.54) is 51.3 Å². The molecule has 34 heavy (non-hydrogen) atoms. The van der Waals surface area contributed by atoms with Crippen molar-refractivity contribution in [3.05, 3.63) is 59.8 Å². The molecule has 3 aromatic rings. The summed E-state index contributed by atoms with van der Waals surface area (Å²) in [6.07, 6.45) is 2.26. The average Bonchev–Trinajstić information content (AvgIpc) is 2.72. The second kappa shape index (κ2) is 10.8. The van der Waals surface area contributed by atoms with E-state index in [2.05, 4.69) is 123 Å². The number of hydrogen-bond acceptors (Lipinski definition) is 0. The Morgan fingerprint density at radius 1 is 0.735 bits per heavy atom. The third-order valence-electron chi connectivity index (χ3n) is 7.33. The summed E-state index contributed by atoms with van der Waals surface area (Å²) in [7, 11) is 0.564. The molecular formula is C32H48NSi+. The van der Waals surface area contributed by atoms with Crippen LogP contribution in [0.3, 0.4) is 0 Å². The van der Waals surface area contributed by atoms with Gasteiger partial charge in [0.1, 0.15) is 7.05 Å². The highest BCUT2D eigenvalue weighted by atomic mass is 28.3. The summed E-state index contributed by atoms with van der Waals surface area (Å²) >= 11 is 0. The van der Waals surface area contributed by atoms with Crippen molar-refractivity contribution >= 4 is 24.0 Å². The van der Waals surface area contributed by atoms with E-state index in [9.17, 15) is 0 Å². The van der Waals surface area contributed by atoms with Gasteiger partial charge in [-0.1, -0.05) is 103 Å². The van der Waals surface area contributed by atoms with Crippen LogP contribution < -0.4 is 9.75 Å². The zero-order valence-corrected chi connectivity index (χ0v) is 24.5. The van der Waals surface area contributed by atoms with Crippen LogP contribution in [-0.4, -0.2) is 8.07 Å². The van der Waals surface area contributed by atoms with Crippen molar-refractivity contribution in [2.24, 2.45) is 24.8 Å². The smallest absolute Gasteiger partial charge is 0.200 e. The summed E-state index contributed by atoms with van der Waals surface area (Å²) < 4.78 is 2.31. The number of hydrogen-bond donors (Lipinski definition) is 0. The molecule has 0 saturated heterocycles. The van der Waals surface area contributed by atoms with E-state index in [0.717, 1.165) is 17.8 Å². The average molecular weight is 475 g/mol. The number of aromatic nitrogens is 1. The number of rotatable bonds is 9. The summed E-state index contributed by atoms with van der Waals surface area (Å²) in [5.74, 6) is 2.75. The van der Waals surface area contributed by atoms with Crippen LogP contribution in [0.4, 0.5) is 0 Å². The van der Waals surface area contributed by atoms with E-state index in [-0.39, 0.29) is 0 Å². The van der Waals surface area contributed by atoms with Crippen LogP contribution >= 0.6 is 0 Å². The van der Waals surface area contributed by atoms with E-state index in [1.54, 1.807) is 5.19 Å². The molecule has 0 fully saturated rings. The Morgan fingerprint density at radius 2 is 1.32 bits per heavy atom. The first kappa shape index (κ1) is 26.7. The number of pyridine rings is 1. The van der Waals surface area contributed by atoms with Gasteiger partial charge in [-0.25, -0.2) is 4.57 Å². The minimum absolute atomic E-state index is 0.529. The van der Waals surface area contributed by atoms with E-state index >= 15 is 0 Å². The largest absolute Gasteiger partial charge is 0.220 e. The second-order valence-electron chi connectivity index (χ2n) is 12.4. The van der Waals surface area contributed by atoms with E-state index < -0.39 is 8.07 Å². The third-order valence-corrected chi connectivity index (χ3v) is 13.7. The van der Waals surface area contributed by atoms with Gasteiger partial charge in [0.05, 0.1) is 13.5 Å². The van der Waals surface area contributed by atoms with Crippen molar-refractivity contribution in [3.8, 4) is 11.3 Å². The van der Waals surface area contributed by atoms with Gasteiger partial charge in [0.25, 0.3) is 0 Å². The van der Waals surface area contributed by atoms with Gasteiger partial charge in [0.15, 0.2) is 6.20 Å². The predicted molar refractivity (Wildman–Crippen MR) is 154 cm³/mol. The van der Waals surface area contributed by atoms with E-state index in [1.807, 2.05) is 0 Å². The Morgan fingerprint density at radius 3 is 1.85 bits per heavy atom. The number of fused-ring (bicyclic) bond motifs is 1. The molecular weight excluding hydrogens is 426 g/mol. The number of aryl methyl sites for hydroxylation is 2.